The smallest absolute Gasteiger partial charge is 0.313 e. The first kappa shape index (κ1) is 15.1. The zero-order valence-electron chi connectivity index (χ0n) is 9.78. The molecule has 0 unspecified atom stereocenters. The second kappa shape index (κ2) is 6.94. The van der Waals surface area contributed by atoms with Gasteiger partial charge in [-0.1, -0.05) is 24.0 Å². The number of benzene rings is 1. The molecule has 0 spiro atoms. The van der Waals surface area contributed by atoms with Crippen molar-refractivity contribution in [1.82, 2.24) is 4.98 Å². The van der Waals surface area contributed by atoms with Gasteiger partial charge in [0, 0.05) is 4.90 Å². The molecule has 2 aromatic rings. The van der Waals surface area contributed by atoms with Gasteiger partial charge < -0.3 is 5.11 Å². The Morgan fingerprint density at radius 3 is 3.00 bits per heavy atom. The van der Waals surface area contributed by atoms with Crippen LogP contribution >= 0.6 is 58.8 Å². The van der Waals surface area contributed by atoms with Crippen molar-refractivity contribution >= 4 is 78.6 Å². The number of thioether (sulfide) groups is 3. The number of fused-ring (bicyclic) bond motifs is 1. The van der Waals surface area contributed by atoms with E-state index in [4.69, 9.17) is 17.3 Å². The number of carboxylic acids is 1. The molecule has 0 aliphatic carbocycles. The highest BCUT2D eigenvalue weighted by Gasteiger charge is 2.09. The summed E-state index contributed by atoms with van der Waals surface area (Å²) in [6.07, 6.45) is 2.03. The van der Waals surface area contributed by atoms with Crippen LogP contribution in [0.2, 0.25) is 0 Å². The summed E-state index contributed by atoms with van der Waals surface area (Å²) in [5, 5.41) is 8.60. The Hall–Kier alpha value is -0.280. The minimum absolute atomic E-state index is 0.00660. The third-order valence-corrected chi connectivity index (χ3v) is 6.38. The van der Waals surface area contributed by atoms with E-state index in [1.807, 2.05) is 12.3 Å². The lowest BCUT2D eigenvalue weighted by atomic mass is 10.3. The van der Waals surface area contributed by atoms with Crippen molar-refractivity contribution < 1.29 is 9.90 Å². The van der Waals surface area contributed by atoms with E-state index in [1.165, 1.54) is 16.7 Å². The molecule has 0 saturated carbocycles. The molecule has 1 N–H and O–H groups in total. The van der Waals surface area contributed by atoms with Gasteiger partial charge in [0.2, 0.25) is 0 Å². The Bertz CT molecular complexity index is 625. The van der Waals surface area contributed by atoms with Gasteiger partial charge in [-0.25, -0.2) is 4.98 Å². The van der Waals surface area contributed by atoms with Crippen LogP contribution in [0.5, 0.6) is 0 Å². The van der Waals surface area contributed by atoms with Gasteiger partial charge in [0.05, 0.1) is 16.0 Å². The summed E-state index contributed by atoms with van der Waals surface area (Å²) in [5.41, 5.74) is 0.963. The number of carbonyl (C=O) groups is 1. The van der Waals surface area contributed by atoms with Crippen molar-refractivity contribution in [2.24, 2.45) is 0 Å². The zero-order valence-corrected chi connectivity index (χ0v) is 13.9. The van der Waals surface area contributed by atoms with Gasteiger partial charge in [0.1, 0.15) is 3.53 Å². The van der Waals surface area contributed by atoms with Gasteiger partial charge in [-0.15, -0.1) is 23.1 Å². The Labute approximate surface area is 132 Å². The molecular weight excluding hydrogens is 338 g/mol. The van der Waals surface area contributed by atoms with E-state index < -0.39 is 5.97 Å². The molecule has 0 amide bonds. The summed E-state index contributed by atoms with van der Waals surface area (Å²) in [4.78, 5) is 16.1. The molecule has 0 aliphatic rings. The summed E-state index contributed by atoms with van der Waals surface area (Å²) < 4.78 is 2.56. The van der Waals surface area contributed by atoms with Crippen molar-refractivity contribution in [2.75, 3.05) is 12.0 Å². The van der Waals surface area contributed by atoms with Gasteiger partial charge in [-0.2, -0.15) is 0 Å². The second-order valence-electron chi connectivity index (χ2n) is 3.35. The largest absolute Gasteiger partial charge is 0.481 e. The maximum Gasteiger partial charge on any atom is 0.313 e. The van der Waals surface area contributed by atoms with E-state index in [-0.39, 0.29) is 5.75 Å². The standard InChI is InChI=1S/C11H9NO2S5/c1-16-6-2-3-8-7(4-6)12-10(18-8)19-11(15)17-5-9(13)14/h2-4H,5H2,1H3,(H,13,14). The molecule has 100 valence electrons. The highest BCUT2D eigenvalue weighted by atomic mass is 32.2. The average molecular weight is 348 g/mol. The summed E-state index contributed by atoms with van der Waals surface area (Å²) in [6.45, 7) is 0. The molecule has 0 bridgehead atoms. The van der Waals surface area contributed by atoms with E-state index in [1.54, 1.807) is 23.1 Å². The first-order chi connectivity index (χ1) is 9.08. The van der Waals surface area contributed by atoms with Gasteiger partial charge in [-0.3, -0.25) is 4.79 Å². The number of thiocarbonyl (C=S) groups is 1. The van der Waals surface area contributed by atoms with Crippen molar-refractivity contribution in [3.8, 4) is 0 Å². The fourth-order valence-electron chi connectivity index (χ4n) is 1.28. The van der Waals surface area contributed by atoms with E-state index in [9.17, 15) is 4.79 Å². The molecule has 0 atom stereocenters. The molecule has 0 aliphatic heterocycles. The lowest BCUT2D eigenvalue weighted by Gasteiger charge is -1.96. The lowest BCUT2D eigenvalue weighted by Crippen LogP contribution is -1.99. The normalized spacial score (nSPS) is 10.8. The first-order valence-corrected chi connectivity index (χ1v) is 9.34. The molecule has 2 rings (SSSR count). The maximum absolute atomic E-state index is 10.5. The van der Waals surface area contributed by atoms with Crippen LogP contribution in [0.1, 0.15) is 0 Å². The van der Waals surface area contributed by atoms with Gasteiger partial charge in [-0.05, 0) is 36.2 Å². The summed E-state index contributed by atoms with van der Waals surface area (Å²) in [7, 11) is 0. The predicted octanol–water partition coefficient (Wildman–Crippen LogP) is 4.21. The first-order valence-electron chi connectivity index (χ1n) is 5.09. The second-order valence-corrected chi connectivity index (χ2v) is 8.68. The fourth-order valence-corrected chi connectivity index (χ4v) is 4.98. The van der Waals surface area contributed by atoms with Crippen LogP contribution in [0, 0.1) is 0 Å². The summed E-state index contributed by atoms with van der Waals surface area (Å²) >= 11 is 10.9. The molecule has 0 radical (unpaired) electrons. The monoisotopic (exact) mass is 347 g/mol. The lowest BCUT2D eigenvalue weighted by molar-refractivity contribution is -0.133. The molecule has 3 nitrogen and oxygen atoms in total. The highest BCUT2D eigenvalue weighted by Crippen LogP contribution is 2.34. The quantitative estimate of drug-likeness (QED) is 0.656. The van der Waals surface area contributed by atoms with Crippen LogP contribution in [0.4, 0.5) is 0 Å². The minimum atomic E-state index is -0.859. The molecule has 0 fully saturated rings. The van der Waals surface area contributed by atoms with Crippen LogP contribution in [0.3, 0.4) is 0 Å². The molecule has 1 aromatic carbocycles. The predicted molar refractivity (Wildman–Crippen MR) is 89.9 cm³/mol. The van der Waals surface area contributed by atoms with Crippen LogP contribution in [-0.4, -0.2) is 31.6 Å². The van der Waals surface area contributed by atoms with Crippen molar-refractivity contribution in [3.05, 3.63) is 18.2 Å². The zero-order chi connectivity index (χ0) is 13.8. The molecule has 1 aromatic heterocycles. The number of aliphatic carboxylic acids is 1. The Morgan fingerprint density at radius 1 is 1.53 bits per heavy atom. The van der Waals surface area contributed by atoms with Crippen molar-refractivity contribution in [1.29, 1.82) is 0 Å². The summed E-state index contributed by atoms with van der Waals surface area (Å²) in [6, 6.07) is 6.17. The minimum Gasteiger partial charge on any atom is -0.481 e. The fraction of sp³-hybridized carbons (Fsp3) is 0.182. The van der Waals surface area contributed by atoms with Gasteiger partial charge in [0.25, 0.3) is 0 Å². The Kier molecular flexibility index (Phi) is 5.52. The Balaban J connectivity index is 2.08. The number of thiazole rings is 1. The topological polar surface area (TPSA) is 50.2 Å². The molecular formula is C11H9NO2S5. The van der Waals surface area contributed by atoms with Crippen LogP contribution in [0.25, 0.3) is 10.2 Å². The molecule has 19 heavy (non-hydrogen) atoms. The highest BCUT2D eigenvalue weighted by molar-refractivity contribution is 8.47. The molecule has 8 heteroatoms. The van der Waals surface area contributed by atoms with E-state index in [2.05, 4.69) is 17.1 Å². The number of hydrogen-bond donors (Lipinski definition) is 1. The molecule has 0 saturated heterocycles. The maximum atomic E-state index is 10.5. The molecule has 1 heterocycles. The number of aromatic nitrogens is 1. The van der Waals surface area contributed by atoms with Crippen LogP contribution in [-0.2, 0) is 4.79 Å². The number of rotatable bonds is 4. The van der Waals surface area contributed by atoms with Crippen LogP contribution < -0.4 is 0 Å². The Morgan fingerprint density at radius 2 is 2.32 bits per heavy atom. The van der Waals surface area contributed by atoms with Crippen molar-refractivity contribution in [2.45, 2.75) is 9.24 Å². The van der Waals surface area contributed by atoms with Crippen LogP contribution in [0.15, 0.2) is 27.4 Å². The number of hydrogen-bond acceptors (Lipinski definition) is 7. The number of carboxylic acid groups (broad SMARTS) is 1. The van der Waals surface area contributed by atoms with E-state index >= 15 is 0 Å². The van der Waals surface area contributed by atoms with E-state index in [0.717, 1.165) is 26.3 Å². The van der Waals surface area contributed by atoms with Gasteiger partial charge >= 0.3 is 5.97 Å². The summed E-state index contributed by atoms with van der Waals surface area (Å²) in [5.74, 6) is -0.866. The third-order valence-electron chi connectivity index (χ3n) is 2.06. The average Bonchev–Trinajstić information content (AvgIpc) is 2.77. The third kappa shape index (κ3) is 4.35. The van der Waals surface area contributed by atoms with Gasteiger partial charge in [0.15, 0.2) is 4.34 Å². The van der Waals surface area contributed by atoms with E-state index in [0.29, 0.717) is 3.53 Å². The number of nitrogens with zero attached hydrogens (tertiary/aromatic N) is 1. The SMILES string of the molecule is CSc1ccc2sc(SC(=S)SCC(=O)O)nc2c1. The van der Waals surface area contributed by atoms with Crippen molar-refractivity contribution in [3.63, 3.8) is 0 Å².